The van der Waals surface area contributed by atoms with E-state index in [0.29, 0.717) is 12.2 Å². The fourth-order valence-electron chi connectivity index (χ4n) is 3.45. The quantitative estimate of drug-likeness (QED) is 0.503. The molecule has 0 radical (unpaired) electrons. The average Bonchev–Trinajstić information content (AvgIpc) is 3.12. The number of amides is 1. The molecule has 4 rings (SSSR count). The zero-order chi connectivity index (χ0) is 21.3. The predicted octanol–water partition coefficient (Wildman–Crippen LogP) is 4.22. The summed E-state index contributed by atoms with van der Waals surface area (Å²) in [6, 6.07) is 15.8. The van der Waals surface area contributed by atoms with Crippen LogP contribution < -0.4 is 4.74 Å². The van der Waals surface area contributed by atoms with E-state index in [-0.39, 0.29) is 5.91 Å². The number of nitrogens with zero attached hydrogens (tertiary/aromatic N) is 4. The van der Waals surface area contributed by atoms with Crippen LogP contribution in [0.15, 0.2) is 60.9 Å². The first-order valence-corrected chi connectivity index (χ1v) is 9.74. The second-order valence-electron chi connectivity index (χ2n) is 7.54. The van der Waals surface area contributed by atoms with Gasteiger partial charge >= 0.3 is 0 Å². The van der Waals surface area contributed by atoms with Crippen LogP contribution >= 0.6 is 0 Å². The van der Waals surface area contributed by atoms with Crippen LogP contribution in [-0.2, 0) is 13.7 Å². The number of fused-ring (bicyclic) bond motifs is 1. The van der Waals surface area contributed by atoms with E-state index in [4.69, 9.17) is 4.74 Å². The maximum absolute atomic E-state index is 12.3. The van der Waals surface area contributed by atoms with Crippen molar-refractivity contribution >= 4 is 16.8 Å². The minimum Gasteiger partial charge on any atom is -0.487 e. The van der Waals surface area contributed by atoms with Crippen molar-refractivity contribution < 1.29 is 9.53 Å². The maximum atomic E-state index is 12.3. The lowest BCUT2D eigenvalue weighted by molar-refractivity contribution is 0.0827. The van der Waals surface area contributed by atoms with Gasteiger partial charge < -0.3 is 9.64 Å². The molecule has 0 unspecified atom stereocenters. The highest BCUT2D eigenvalue weighted by molar-refractivity contribution is 5.96. The fourth-order valence-corrected chi connectivity index (χ4v) is 3.45. The monoisotopic (exact) mass is 400 g/mol. The molecule has 2 heterocycles. The van der Waals surface area contributed by atoms with Crippen molar-refractivity contribution in [3.63, 3.8) is 0 Å². The Labute approximate surface area is 175 Å². The summed E-state index contributed by atoms with van der Waals surface area (Å²) >= 11 is 0. The molecule has 2 aromatic heterocycles. The number of hydrogen-bond acceptors (Lipinski definition) is 4. The Hall–Kier alpha value is -3.67. The molecule has 6 nitrogen and oxygen atoms in total. The molecule has 0 saturated carbocycles. The summed E-state index contributed by atoms with van der Waals surface area (Å²) < 4.78 is 7.79. The molecule has 6 heteroatoms. The number of hydrogen-bond donors (Lipinski definition) is 0. The first kappa shape index (κ1) is 19.6. The van der Waals surface area contributed by atoms with Crippen LogP contribution in [-0.4, -0.2) is 39.7 Å². The SMILES string of the molecule is Cc1cc(-c2ccnc(COc3ccc4c(cnn4C)c3)c2)ccc1C(=O)N(C)C. The van der Waals surface area contributed by atoms with Crippen LogP contribution in [0, 0.1) is 6.92 Å². The Bertz CT molecular complexity index is 1230. The second kappa shape index (κ2) is 7.99. The molecule has 30 heavy (non-hydrogen) atoms. The highest BCUT2D eigenvalue weighted by atomic mass is 16.5. The van der Waals surface area contributed by atoms with Crippen molar-refractivity contribution in [3.05, 3.63) is 77.7 Å². The Morgan fingerprint density at radius 1 is 1.07 bits per heavy atom. The zero-order valence-corrected chi connectivity index (χ0v) is 17.6. The highest BCUT2D eigenvalue weighted by Gasteiger charge is 2.12. The van der Waals surface area contributed by atoms with Gasteiger partial charge in [0, 0.05) is 38.3 Å². The summed E-state index contributed by atoms with van der Waals surface area (Å²) in [5.74, 6) is 0.790. The number of ether oxygens (including phenoxy) is 1. The number of benzene rings is 2. The van der Waals surface area contributed by atoms with E-state index < -0.39 is 0 Å². The normalized spacial score (nSPS) is 10.9. The van der Waals surface area contributed by atoms with Gasteiger partial charge in [0.15, 0.2) is 0 Å². The maximum Gasteiger partial charge on any atom is 0.253 e. The lowest BCUT2D eigenvalue weighted by Crippen LogP contribution is -2.22. The fraction of sp³-hybridized carbons (Fsp3) is 0.208. The standard InChI is InChI=1S/C24H24N4O2/c1-16-11-17(5-7-22(16)24(29)27(2)3)18-9-10-25-20(12-18)15-30-21-6-8-23-19(13-21)14-26-28(23)4/h5-14H,15H2,1-4H3. The molecule has 4 aromatic rings. The van der Waals surface area contributed by atoms with Gasteiger partial charge in [0.05, 0.1) is 17.4 Å². The Kier molecular flexibility index (Phi) is 5.23. The number of aromatic nitrogens is 3. The molecule has 0 saturated heterocycles. The van der Waals surface area contributed by atoms with Crippen molar-refractivity contribution in [2.24, 2.45) is 7.05 Å². The number of carbonyl (C=O) groups excluding carboxylic acids is 1. The van der Waals surface area contributed by atoms with Crippen LogP contribution in [0.2, 0.25) is 0 Å². The van der Waals surface area contributed by atoms with Gasteiger partial charge in [0.2, 0.25) is 0 Å². The van der Waals surface area contributed by atoms with E-state index in [0.717, 1.165) is 39.0 Å². The van der Waals surface area contributed by atoms with Gasteiger partial charge in [-0.15, -0.1) is 0 Å². The molecule has 0 fully saturated rings. The van der Waals surface area contributed by atoms with E-state index in [1.165, 1.54) is 0 Å². The number of aryl methyl sites for hydroxylation is 2. The summed E-state index contributed by atoms with van der Waals surface area (Å²) in [5.41, 5.74) is 5.65. The predicted molar refractivity (Wildman–Crippen MR) is 117 cm³/mol. The van der Waals surface area contributed by atoms with E-state index in [1.54, 1.807) is 25.2 Å². The molecule has 0 aliphatic carbocycles. The van der Waals surface area contributed by atoms with Gasteiger partial charge in [-0.2, -0.15) is 5.10 Å². The summed E-state index contributed by atoms with van der Waals surface area (Å²) in [6.45, 7) is 2.33. The van der Waals surface area contributed by atoms with Crippen molar-refractivity contribution in [3.8, 4) is 16.9 Å². The van der Waals surface area contributed by atoms with Gasteiger partial charge in [-0.05, 0) is 60.0 Å². The average molecular weight is 400 g/mol. The number of rotatable bonds is 5. The van der Waals surface area contributed by atoms with E-state index in [1.807, 2.05) is 73.4 Å². The summed E-state index contributed by atoms with van der Waals surface area (Å²) in [7, 11) is 5.44. The molecular formula is C24H24N4O2. The van der Waals surface area contributed by atoms with Gasteiger partial charge in [-0.1, -0.05) is 12.1 Å². The molecule has 1 amide bonds. The first-order valence-electron chi connectivity index (χ1n) is 9.74. The third-order valence-corrected chi connectivity index (χ3v) is 5.12. The smallest absolute Gasteiger partial charge is 0.253 e. The Morgan fingerprint density at radius 2 is 1.87 bits per heavy atom. The molecule has 2 aromatic carbocycles. The minimum absolute atomic E-state index is 0.00783. The molecule has 152 valence electrons. The van der Waals surface area contributed by atoms with Crippen LogP contribution in [0.4, 0.5) is 0 Å². The second-order valence-corrected chi connectivity index (χ2v) is 7.54. The zero-order valence-electron chi connectivity index (χ0n) is 17.6. The molecule has 0 bridgehead atoms. The highest BCUT2D eigenvalue weighted by Crippen LogP contribution is 2.25. The summed E-state index contributed by atoms with van der Waals surface area (Å²) in [4.78, 5) is 18.3. The molecule has 0 atom stereocenters. The van der Waals surface area contributed by atoms with E-state index in [2.05, 4.69) is 10.1 Å². The Balaban J connectivity index is 1.52. The van der Waals surface area contributed by atoms with E-state index >= 15 is 0 Å². The topological polar surface area (TPSA) is 60.3 Å². The van der Waals surface area contributed by atoms with Gasteiger partial charge in [-0.25, -0.2) is 0 Å². The van der Waals surface area contributed by atoms with Crippen LogP contribution in [0.25, 0.3) is 22.0 Å². The summed E-state index contributed by atoms with van der Waals surface area (Å²) in [5, 5.41) is 5.30. The lowest BCUT2D eigenvalue weighted by Gasteiger charge is -2.14. The third kappa shape index (κ3) is 3.89. The number of pyridine rings is 1. The molecular weight excluding hydrogens is 376 g/mol. The third-order valence-electron chi connectivity index (χ3n) is 5.12. The Morgan fingerprint density at radius 3 is 2.63 bits per heavy atom. The molecule has 0 aliphatic heterocycles. The molecule has 0 aliphatic rings. The van der Waals surface area contributed by atoms with Crippen LogP contribution in [0.3, 0.4) is 0 Å². The summed E-state index contributed by atoms with van der Waals surface area (Å²) in [6.07, 6.45) is 3.61. The van der Waals surface area contributed by atoms with Crippen molar-refractivity contribution in [2.75, 3.05) is 14.1 Å². The van der Waals surface area contributed by atoms with Gasteiger partial charge in [0.25, 0.3) is 5.91 Å². The lowest BCUT2D eigenvalue weighted by atomic mass is 9.99. The largest absolute Gasteiger partial charge is 0.487 e. The van der Waals surface area contributed by atoms with Crippen molar-refractivity contribution in [2.45, 2.75) is 13.5 Å². The van der Waals surface area contributed by atoms with Crippen molar-refractivity contribution in [1.82, 2.24) is 19.7 Å². The van der Waals surface area contributed by atoms with Crippen LogP contribution in [0.5, 0.6) is 5.75 Å². The molecule has 0 N–H and O–H groups in total. The van der Waals surface area contributed by atoms with E-state index in [9.17, 15) is 4.79 Å². The van der Waals surface area contributed by atoms with Crippen molar-refractivity contribution in [1.29, 1.82) is 0 Å². The molecule has 0 spiro atoms. The van der Waals surface area contributed by atoms with Gasteiger partial charge in [0.1, 0.15) is 12.4 Å². The minimum atomic E-state index is 0.00783. The van der Waals surface area contributed by atoms with Crippen LogP contribution in [0.1, 0.15) is 21.6 Å². The first-order chi connectivity index (χ1) is 14.4. The van der Waals surface area contributed by atoms with Gasteiger partial charge in [-0.3, -0.25) is 14.5 Å². The number of carbonyl (C=O) groups is 1.